The van der Waals surface area contributed by atoms with Crippen molar-refractivity contribution in [2.24, 2.45) is 0 Å². The Labute approximate surface area is 147 Å². The Hall–Kier alpha value is -0.160. The summed E-state index contributed by atoms with van der Waals surface area (Å²) < 4.78 is 1.21. The zero-order chi connectivity index (χ0) is 14.7. The van der Waals surface area contributed by atoms with E-state index < -0.39 is 0 Å². The molecule has 0 spiro atoms. The van der Waals surface area contributed by atoms with Gasteiger partial charge in [0.2, 0.25) is 0 Å². The summed E-state index contributed by atoms with van der Waals surface area (Å²) >= 11 is 9.48. The van der Waals surface area contributed by atoms with Crippen molar-refractivity contribution in [3.63, 3.8) is 0 Å². The van der Waals surface area contributed by atoms with Crippen LogP contribution < -0.4 is 0 Å². The molecule has 110 valence electrons. The average Bonchev–Trinajstić information content (AvgIpc) is 2.92. The summed E-state index contributed by atoms with van der Waals surface area (Å²) in [5, 5.41) is 2.17. The van der Waals surface area contributed by atoms with Crippen LogP contribution in [0.3, 0.4) is 0 Å². The number of hydrogen-bond acceptors (Lipinski definition) is 3. The Kier molecular flexibility index (Phi) is 5.20. The third kappa shape index (κ3) is 3.61. The molecule has 4 heteroatoms. The smallest absolute Gasteiger partial charge is 0.105 e. The van der Waals surface area contributed by atoms with E-state index in [1.807, 2.05) is 11.3 Å². The summed E-state index contributed by atoms with van der Waals surface area (Å²) in [6, 6.07) is 11.0. The lowest BCUT2D eigenvalue weighted by Crippen LogP contribution is -2.20. The predicted molar refractivity (Wildman–Crippen MR) is 103 cm³/mol. The molecule has 0 bridgehead atoms. The Morgan fingerprint density at radius 1 is 1.10 bits per heavy atom. The molecule has 0 aliphatic carbocycles. The number of thiophene rings is 1. The summed E-state index contributed by atoms with van der Waals surface area (Å²) in [4.78, 5) is 1.37. The number of hydrogen-bond donors (Lipinski definition) is 0. The first-order valence-corrected chi connectivity index (χ1v) is 10.6. The van der Waals surface area contributed by atoms with E-state index in [0.717, 1.165) is 4.47 Å². The fraction of sp³-hybridized carbons (Fsp3) is 0.294. The number of aryl methyl sites for hydroxylation is 1. The molecule has 1 fully saturated rings. The summed E-state index contributed by atoms with van der Waals surface area (Å²) in [6.07, 6.45) is 6.02. The van der Waals surface area contributed by atoms with Crippen molar-refractivity contribution < 1.29 is 0 Å². The van der Waals surface area contributed by atoms with Gasteiger partial charge in [0.1, 0.15) is 4.08 Å². The Morgan fingerprint density at radius 2 is 1.81 bits per heavy atom. The summed E-state index contributed by atoms with van der Waals surface area (Å²) in [7, 11) is 0. The lowest BCUT2D eigenvalue weighted by atomic mass is 10.1. The zero-order valence-corrected chi connectivity index (χ0v) is 15.9. The van der Waals surface area contributed by atoms with Gasteiger partial charge in [-0.2, -0.15) is 0 Å². The number of benzene rings is 1. The first kappa shape index (κ1) is 15.7. The minimum Gasteiger partial charge on any atom is -0.144 e. The van der Waals surface area contributed by atoms with Crippen LogP contribution in [0.15, 0.2) is 46.3 Å². The highest BCUT2D eigenvalue weighted by atomic mass is 79.9. The second-order valence-electron chi connectivity index (χ2n) is 5.03. The highest BCUT2D eigenvalue weighted by Gasteiger charge is 2.33. The molecule has 1 aromatic carbocycles. The fourth-order valence-corrected chi connectivity index (χ4v) is 6.55. The second kappa shape index (κ2) is 6.95. The highest BCUT2D eigenvalue weighted by molar-refractivity contribution is 9.10. The zero-order valence-electron chi connectivity index (χ0n) is 11.8. The fourth-order valence-electron chi connectivity index (χ4n) is 2.33. The first-order chi connectivity index (χ1) is 10.2. The SMILES string of the molecule is Cc1ccsc1/C=C/C1(c2ccc(Br)cc2)SCCCS1. The van der Waals surface area contributed by atoms with Gasteiger partial charge in [-0.1, -0.05) is 34.1 Å². The van der Waals surface area contributed by atoms with Gasteiger partial charge in [-0.05, 0) is 65.6 Å². The van der Waals surface area contributed by atoms with Gasteiger partial charge in [-0.25, -0.2) is 0 Å². The largest absolute Gasteiger partial charge is 0.144 e. The minimum atomic E-state index is 0.0649. The molecule has 0 saturated carbocycles. The van der Waals surface area contributed by atoms with Crippen LogP contribution in [0.5, 0.6) is 0 Å². The van der Waals surface area contributed by atoms with Crippen molar-refractivity contribution in [2.45, 2.75) is 17.4 Å². The molecule has 0 unspecified atom stereocenters. The van der Waals surface area contributed by atoms with Gasteiger partial charge in [0, 0.05) is 9.35 Å². The molecule has 21 heavy (non-hydrogen) atoms. The van der Waals surface area contributed by atoms with Crippen molar-refractivity contribution in [1.82, 2.24) is 0 Å². The minimum absolute atomic E-state index is 0.0649. The van der Waals surface area contributed by atoms with Gasteiger partial charge in [-0.3, -0.25) is 0 Å². The van der Waals surface area contributed by atoms with Gasteiger partial charge in [0.25, 0.3) is 0 Å². The molecule has 0 nitrogen and oxygen atoms in total. The van der Waals surface area contributed by atoms with Crippen LogP contribution in [-0.4, -0.2) is 11.5 Å². The van der Waals surface area contributed by atoms with Gasteiger partial charge < -0.3 is 0 Å². The van der Waals surface area contributed by atoms with Crippen molar-refractivity contribution in [1.29, 1.82) is 0 Å². The van der Waals surface area contributed by atoms with Gasteiger partial charge in [-0.15, -0.1) is 34.9 Å². The van der Waals surface area contributed by atoms with Crippen LogP contribution in [0.4, 0.5) is 0 Å². The Morgan fingerprint density at radius 3 is 2.43 bits per heavy atom. The average molecular weight is 397 g/mol. The maximum Gasteiger partial charge on any atom is 0.105 e. The lowest BCUT2D eigenvalue weighted by molar-refractivity contribution is 1.04. The van der Waals surface area contributed by atoms with E-state index in [0.29, 0.717) is 0 Å². The van der Waals surface area contributed by atoms with Crippen molar-refractivity contribution in [3.8, 4) is 0 Å². The maximum atomic E-state index is 3.54. The number of rotatable bonds is 3. The Balaban J connectivity index is 1.95. The molecule has 0 atom stereocenters. The summed E-state index contributed by atoms with van der Waals surface area (Å²) in [5.74, 6) is 2.47. The van der Waals surface area contributed by atoms with Crippen LogP contribution in [0.1, 0.15) is 22.4 Å². The molecule has 1 aromatic heterocycles. The van der Waals surface area contributed by atoms with E-state index in [-0.39, 0.29) is 4.08 Å². The lowest BCUT2D eigenvalue weighted by Gasteiger charge is -2.34. The molecule has 2 heterocycles. The van der Waals surface area contributed by atoms with Crippen molar-refractivity contribution in [3.05, 3.63) is 62.3 Å². The molecule has 0 amide bonds. The van der Waals surface area contributed by atoms with Crippen LogP contribution in [0.2, 0.25) is 0 Å². The number of halogens is 1. The van der Waals surface area contributed by atoms with Crippen molar-refractivity contribution >= 4 is 56.9 Å². The van der Waals surface area contributed by atoms with Gasteiger partial charge >= 0.3 is 0 Å². The molecule has 1 aliphatic rings. The van der Waals surface area contributed by atoms with Crippen LogP contribution >= 0.6 is 50.8 Å². The molecular weight excluding hydrogens is 380 g/mol. The van der Waals surface area contributed by atoms with E-state index in [2.05, 4.69) is 94.2 Å². The molecule has 0 radical (unpaired) electrons. The molecule has 2 aromatic rings. The van der Waals surface area contributed by atoms with E-state index in [4.69, 9.17) is 0 Å². The van der Waals surface area contributed by atoms with Crippen LogP contribution in [0.25, 0.3) is 6.08 Å². The third-order valence-corrected chi connectivity index (χ3v) is 8.33. The third-order valence-electron chi connectivity index (χ3n) is 3.52. The second-order valence-corrected chi connectivity index (χ2v) is 9.83. The predicted octanol–water partition coefficient (Wildman–Crippen LogP) is 6.56. The summed E-state index contributed by atoms with van der Waals surface area (Å²) in [6.45, 7) is 2.18. The monoisotopic (exact) mass is 396 g/mol. The van der Waals surface area contributed by atoms with E-state index in [1.165, 1.54) is 33.9 Å². The molecule has 0 N–H and O–H groups in total. The van der Waals surface area contributed by atoms with E-state index in [9.17, 15) is 0 Å². The van der Waals surface area contributed by atoms with Crippen LogP contribution in [0, 0.1) is 6.92 Å². The summed E-state index contributed by atoms with van der Waals surface area (Å²) in [5.41, 5.74) is 2.76. The topological polar surface area (TPSA) is 0 Å². The van der Waals surface area contributed by atoms with E-state index >= 15 is 0 Å². The molecule has 1 saturated heterocycles. The Bertz CT molecular complexity index is 622. The van der Waals surface area contributed by atoms with Gasteiger partial charge in [0.05, 0.1) is 0 Å². The molecule has 3 rings (SSSR count). The normalized spacial score (nSPS) is 18.2. The maximum absolute atomic E-state index is 3.54. The highest BCUT2D eigenvalue weighted by Crippen LogP contribution is 2.51. The first-order valence-electron chi connectivity index (χ1n) is 6.97. The quantitative estimate of drug-likeness (QED) is 0.576. The standard InChI is InChI=1S/C17H17BrS3/c1-13-8-12-19-16(13)7-9-17(20-10-2-11-21-17)14-3-5-15(18)6-4-14/h3-9,12H,2,10-11H2,1H3/b9-7+. The van der Waals surface area contributed by atoms with Crippen LogP contribution in [-0.2, 0) is 4.08 Å². The molecular formula is C17H17BrS3. The van der Waals surface area contributed by atoms with Crippen molar-refractivity contribution in [2.75, 3.05) is 11.5 Å². The molecule has 1 aliphatic heterocycles. The number of thioether (sulfide) groups is 2. The van der Waals surface area contributed by atoms with Gasteiger partial charge in [0.15, 0.2) is 0 Å². The van der Waals surface area contributed by atoms with E-state index in [1.54, 1.807) is 0 Å².